The van der Waals surface area contributed by atoms with E-state index in [4.69, 9.17) is 28.8 Å². The Bertz CT molecular complexity index is 5440. The van der Waals surface area contributed by atoms with Crippen molar-refractivity contribution in [2.24, 2.45) is 0 Å². The first-order valence-corrected chi connectivity index (χ1v) is 37.4. The van der Waals surface area contributed by atoms with Crippen molar-refractivity contribution in [3.63, 3.8) is 0 Å². The van der Waals surface area contributed by atoms with Crippen LogP contribution in [0.4, 0.5) is 74.4 Å². The zero-order valence-electron chi connectivity index (χ0n) is 66.0. The lowest BCUT2D eigenvalue weighted by Crippen LogP contribution is -2.46. The fraction of sp³-hybridized carbons (Fsp3) is 0.321. The second-order valence-corrected chi connectivity index (χ2v) is 28.3. The summed E-state index contributed by atoms with van der Waals surface area (Å²) in [6.45, 7) is 7.62. The number of carbonyl (C=O) groups excluding carboxylic acids is 7. The van der Waals surface area contributed by atoms with E-state index in [9.17, 15) is 73.1 Å². The van der Waals surface area contributed by atoms with Crippen molar-refractivity contribution in [2.45, 2.75) is 89.8 Å². The lowest BCUT2D eigenvalue weighted by atomic mass is 10.0. The number of ether oxygens (including phenoxy) is 5. The Labute approximate surface area is 684 Å². The number of anilines is 6. The molecule has 0 unspecified atom stereocenters. The number of aromatic nitrogens is 6. The SMILES string of the molecule is CC(=O)N1CCC(NC(=O)c2ccc(Nc3ncc(C(F)(F)F)c(Oc4cccc5c4C(=O)N(C)C5)n3)c(C)c2)CC1.CONC(=O)c1ccc(Nc2ncc(C(F)(F)F)c(Oc3cccc4c3C(=O)N(C)C4)n2)c(OC)c1.COc1cc(C(=O)NC2CCN(CCO)CC2)ccc1Nc1ncc(C(F)(F)F)c(Oc2cccc3c2C(=O)N(C)C3)n1. The molecule has 0 aliphatic carbocycles. The molecule has 7 amide bonds. The van der Waals surface area contributed by atoms with E-state index in [1.807, 2.05) is 0 Å². The molecular weight excluding hydrogens is 1610 g/mol. The van der Waals surface area contributed by atoms with Gasteiger partial charge in [0.05, 0.1) is 56.0 Å². The molecule has 0 bridgehead atoms. The number of hydroxylamine groups is 1. The minimum Gasteiger partial charge on any atom is -0.495 e. The fourth-order valence-corrected chi connectivity index (χ4v) is 13.7. The molecular formula is C81H80F9N17O14. The van der Waals surface area contributed by atoms with Crippen LogP contribution in [0.3, 0.4) is 0 Å². The van der Waals surface area contributed by atoms with Crippen molar-refractivity contribution in [3.05, 3.63) is 200 Å². The Morgan fingerprint density at radius 2 is 0.818 bits per heavy atom. The Morgan fingerprint density at radius 3 is 1.16 bits per heavy atom. The molecule has 2 fully saturated rings. The first kappa shape index (κ1) is 86.8. The highest BCUT2D eigenvalue weighted by atomic mass is 19.4. The number of halogens is 9. The van der Waals surface area contributed by atoms with Crippen LogP contribution < -0.4 is 55.7 Å². The molecule has 0 atom stereocenters. The molecule has 31 nitrogen and oxygen atoms in total. The lowest BCUT2D eigenvalue weighted by Gasteiger charge is -2.31. The maximum absolute atomic E-state index is 13.9. The summed E-state index contributed by atoms with van der Waals surface area (Å²) in [6, 6.07) is 27.8. The van der Waals surface area contributed by atoms with Crippen LogP contribution in [-0.4, -0.2) is 195 Å². The third-order valence-electron chi connectivity index (χ3n) is 20.0. The summed E-state index contributed by atoms with van der Waals surface area (Å²) in [6.07, 6.45) is -9.81. The molecule has 14 rings (SSSR count). The summed E-state index contributed by atoms with van der Waals surface area (Å²) >= 11 is 0. The number of β-amino-alcohol motifs (C(OH)–C–C–N with tert-alkyl or cyclic N) is 1. The number of carbonyl (C=O) groups is 7. The van der Waals surface area contributed by atoms with Crippen LogP contribution in [0.25, 0.3) is 0 Å². The van der Waals surface area contributed by atoms with Gasteiger partial charge in [-0.25, -0.2) is 20.4 Å². The zero-order valence-corrected chi connectivity index (χ0v) is 66.0. The molecule has 3 aromatic heterocycles. The number of hydrogen-bond acceptors (Lipinski definition) is 24. The van der Waals surface area contributed by atoms with Crippen LogP contribution >= 0.6 is 0 Å². The number of methoxy groups -OCH3 is 2. The van der Waals surface area contributed by atoms with E-state index < -0.39 is 58.8 Å². The number of aliphatic hydroxyl groups is 1. The number of amides is 7. The van der Waals surface area contributed by atoms with E-state index in [0.29, 0.717) is 115 Å². The topological polar surface area (TPSA) is 361 Å². The summed E-state index contributed by atoms with van der Waals surface area (Å²) in [5, 5.41) is 23.6. The number of aliphatic hydroxyl groups excluding tert-OH is 1. The average molecular weight is 1690 g/mol. The van der Waals surface area contributed by atoms with Crippen LogP contribution in [0, 0.1) is 6.92 Å². The minimum atomic E-state index is -4.82. The van der Waals surface area contributed by atoms with Gasteiger partial charge in [0.2, 0.25) is 41.4 Å². The normalized spacial score (nSPS) is 14.8. The number of nitrogens with zero attached hydrogens (tertiary/aromatic N) is 11. The van der Waals surface area contributed by atoms with Gasteiger partial charge in [-0.2, -0.15) is 54.5 Å². The highest BCUT2D eigenvalue weighted by Gasteiger charge is 2.42. The van der Waals surface area contributed by atoms with Crippen molar-refractivity contribution in [2.75, 3.05) is 97.8 Å². The fourth-order valence-electron chi connectivity index (χ4n) is 13.7. The predicted molar refractivity (Wildman–Crippen MR) is 416 cm³/mol. The highest BCUT2D eigenvalue weighted by Crippen LogP contribution is 2.45. The number of piperidine rings is 2. The number of hydrogen-bond donors (Lipinski definition) is 7. The second-order valence-electron chi connectivity index (χ2n) is 28.3. The van der Waals surface area contributed by atoms with Gasteiger partial charge in [0.15, 0.2) is 0 Å². The maximum atomic E-state index is 13.9. The van der Waals surface area contributed by atoms with Crippen molar-refractivity contribution in [1.82, 2.24) is 70.5 Å². The van der Waals surface area contributed by atoms with E-state index in [1.54, 1.807) is 93.6 Å². The summed E-state index contributed by atoms with van der Waals surface area (Å²) in [7, 11) is 8.79. The monoisotopic (exact) mass is 1690 g/mol. The predicted octanol–water partition coefficient (Wildman–Crippen LogP) is 12.4. The van der Waals surface area contributed by atoms with Gasteiger partial charge in [0.1, 0.15) is 45.4 Å². The third kappa shape index (κ3) is 20.4. The quantitative estimate of drug-likeness (QED) is 0.0245. The summed E-state index contributed by atoms with van der Waals surface area (Å²) in [5.74, 6) is -4.79. The Hall–Kier alpha value is -13.5. The summed E-state index contributed by atoms with van der Waals surface area (Å²) in [5.41, 5.74) is 3.64. The molecule has 636 valence electrons. The number of aryl methyl sites for hydroxylation is 1. The Morgan fingerprint density at radius 1 is 0.471 bits per heavy atom. The number of nitrogens with one attached hydrogen (secondary N) is 6. The lowest BCUT2D eigenvalue weighted by molar-refractivity contribution is -0.140. The molecule has 5 aliphatic heterocycles. The first-order chi connectivity index (χ1) is 57.6. The van der Waals surface area contributed by atoms with Crippen molar-refractivity contribution in [1.29, 1.82) is 0 Å². The molecule has 40 heteroatoms. The van der Waals surface area contributed by atoms with Gasteiger partial charge in [-0.05, 0) is 128 Å². The Kier molecular flexibility index (Phi) is 26.4. The number of alkyl halides is 9. The number of fused-ring (bicyclic) bond motifs is 3. The van der Waals surface area contributed by atoms with Gasteiger partial charge in [0.25, 0.3) is 35.4 Å². The first-order valence-electron chi connectivity index (χ1n) is 37.4. The molecule has 9 aromatic rings. The van der Waals surface area contributed by atoms with Gasteiger partial charge >= 0.3 is 18.5 Å². The molecule has 0 radical (unpaired) electrons. The maximum Gasteiger partial charge on any atom is 0.423 e. The van der Waals surface area contributed by atoms with Gasteiger partial charge in [-0.15, -0.1) is 0 Å². The number of likely N-dealkylation sites (tertiary alicyclic amines) is 2. The van der Waals surface area contributed by atoms with Gasteiger partial charge in [-0.1, -0.05) is 36.4 Å². The van der Waals surface area contributed by atoms with Crippen LogP contribution in [0.15, 0.2) is 128 Å². The molecule has 0 saturated carbocycles. The smallest absolute Gasteiger partial charge is 0.423 e. The van der Waals surface area contributed by atoms with E-state index >= 15 is 0 Å². The largest absolute Gasteiger partial charge is 0.495 e. The number of benzene rings is 6. The van der Waals surface area contributed by atoms with Gasteiger partial charge in [0, 0.05) is 133 Å². The molecule has 6 aromatic carbocycles. The Balaban J connectivity index is 0.000000167. The molecule has 8 heterocycles. The van der Waals surface area contributed by atoms with E-state index in [2.05, 4.69) is 71.7 Å². The average Bonchev–Trinajstić information content (AvgIpc) is 1.70. The van der Waals surface area contributed by atoms with Crippen LogP contribution in [-0.2, 0) is 47.8 Å². The van der Waals surface area contributed by atoms with Crippen LogP contribution in [0.1, 0.15) is 134 Å². The highest BCUT2D eigenvalue weighted by molar-refractivity contribution is 6.03. The van der Waals surface area contributed by atoms with E-state index in [1.165, 1.54) is 91.5 Å². The van der Waals surface area contributed by atoms with E-state index in [-0.39, 0.29) is 129 Å². The van der Waals surface area contributed by atoms with Crippen molar-refractivity contribution < 1.29 is 107 Å². The molecule has 5 aliphatic rings. The van der Waals surface area contributed by atoms with Gasteiger partial charge in [-0.3, -0.25) is 38.4 Å². The molecule has 2 saturated heterocycles. The van der Waals surface area contributed by atoms with Gasteiger partial charge < -0.3 is 79.9 Å². The molecule has 0 spiro atoms. The summed E-state index contributed by atoms with van der Waals surface area (Å²) in [4.78, 5) is 123. The van der Waals surface area contributed by atoms with Crippen LogP contribution in [0.2, 0.25) is 0 Å². The third-order valence-corrected chi connectivity index (χ3v) is 20.0. The van der Waals surface area contributed by atoms with Crippen LogP contribution in [0.5, 0.6) is 46.4 Å². The number of rotatable bonds is 22. The second kappa shape index (κ2) is 36.8. The zero-order chi connectivity index (χ0) is 86.9. The summed E-state index contributed by atoms with van der Waals surface area (Å²) < 4.78 is 152. The molecule has 7 N–H and O–H groups in total. The van der Waals surface area contributed by atoms with E-state index in [0.717, 1.165) is 25.9 Å². The van der Waals surface area contributed by atoms with Crippen molar-refractivity contribution >= 4 is 76.3 Å². The molecule has 121 heavy (non-hydrogen) atoms. The minimum absolute atomic E-state index is 0.00764. The van der Waals surface area contributed by atoms with Crippen molar-refractivity contribution in [3.8, 4) is 46.4 Å². The standard InChI is InChI=1S/C29H31F3N6O5.C29H29F3N6O4.C23H20F3N5O5/c1-37-16-18-4-3-5-22(24(18)27(37)41)43-26-20(29(30,31)32)15-33-28(36-26)35-21-7-6-17(14-23(21)42-2)25(40)34-19-8-10-38(11-9-19)12-13-39;1-16-13-18(25(40)34-20-9-11-38(12-10-20)17(2)39)7-8-22(16)35-28-33-14-21(29(30,31)32)26(36-28)42-23-6-4-5-19-15-37(3)27(41)24(19)23;1-31-11-13-5-4-6-16(18(13)21(31)33)36-20-14(23(24,25)26)10-27-22(29-20)28-15-8-7-12(9-17(15)34-2)19(32)30-35-3/h3-7,14-15,19,39H,8-13,16H2,1-2H3,(H,34,40)(H,33,35,36);4-8,13-14,20H,9-12,15H2,1-3H3,(H,34,40)(H,33,35,36);4-10H,11H2,1-3H3,(H,30,32)(H,27,28,29).